The number of nitrogens with one attached hydrogen (secondary N) is 1. The zero-order valence-electron chi connectivity index (χ0n) is 20.4. The Balaban J connectivity index is 1.53. The molecular formula is C25H36N4O3S. The van der Waals surface area contributed by atoms with Gasteiger partial charge >= 0.3 is 0 Å². The third kappa shape index (κ3) is 4.55. The number of rotatable bonds is 4. The number of nitrogens with zero attached hydrogens (tertiary/aromatic N) is 3. The van der Waals surface area contributed by atoms with Crippen molar-refractivity contribution in [3.05, 3.63) is 46.8 Å². The average Bonchev–Trinajstić information content (AvgIpc) is 3.08. The molecule has 0 aliphatic carbocycles. The van der Waals surface area contributed by atoms with E-state index in [4.69, 9.17) is 0 Å². The van der Waals surface area contributed by atoms with Crippen LogP contribution in [0.25, 0.3) is 0 Å². The molecule has 33 heavy (non-hydrogen) atoms. The fourth-order valence-electron chi connectivity index (χ4n) is 5.18. The van der Waals surface area contributed by atoms with Gasteiger partial charge in [-0.25, -0.2) is 8.42 Å². The van der Waals surface area contributed by atoms with Crippen LogP contribution in [0.4, 0.5) is 5.69 Å². The van der Waals surface area contributed by atoms with Gasteiger partial charge in [0, 0.05) is 50.1 Å². The van der Waals surface area contributed by atoms with Crippen LogP contribution in [-0.4, -0.2) is 67.3 Å². The van der Waals surface area contributed by atoms with E-state index in [-0.39, 0.29) is 16.8 Å². The van der Waals surface area contributed by atoms with E-state index in [2.05, 4.69) is 54.9 Å². The number of anilines is 1. The zero-order chi connectivity index (χ0) is 23.9. The minimum atomic E-state index is -3.63. The summed E-state index contributed by atoms with van der Waals surface area (Å²) >= 11 is 0. The summed E-state index contributed by atoms with van der Waals surface area (Å²) in [6.45, 7) is 12.9. The molecule has 2 fully saturated rings. The predicted molar refractivity (Wildman–Crippen MR) is 131 cm³/mol. The highest BCUT2D eigenvalue weighted by Crippen LogP contribution is 2.30. The summed E-state index contributed by atoms with van der Waals surface area (Å²) in [4.78, 5) is 21.0. The van der Waals surface area contributed by atoms with Gasteiger partial charge in [0.1, 0.15) is 10.6 Å². The van der Waals surface area contributed by atoms with E-state index in [0.29, 0.717) is 49.0 Å². The molecule has 3 heterocycles. The molecule has 2 aliphatic heterocycles. The molecule has 8 heteroatoms. The first-order chi connectivity index (χ1) is 15.6. The largest absolute Gasteiger partial charge is 0.365 e. The van der Waals surface area contributed by atoms with Crippen molar-refractivity contribution >= 4 is 21.6 Å². The van der Waals surface area contributed by atoms with Crippen LogP contribution < -0.4 is 4.90 Å². The number of carbonyl (C=O) groups is 1. The molecule has 2 aromatic rings. The normalized spacial score (nSPS) is 20.9. The Morgan fingerprint density at radius 2 is 1.73 bits per heavy atom. The molecule has 4 rings (SSSR count). The van der Waals surface area contributed by atoms with Crippen molar-refractivity contribution in [3.8, 4) is 0 Å². The van der Waals surface area contributed by atoms with Gasteiger partial charge in [-0.05, 0) is 69.7 Å². The van der Waals surface area contributed by atoms with Crippen molar-refractivity contribution in [2.24, 2.45) is 5.92 Å². The molecule has 7 nitrogen and oxygen atoms in total. The Hall–Kier alpha value is -2.32. The van der Waals surface area contributed by atoms with Gasteiger partial charge in [0.25, 0.3) is 5.91 Å². The molecule has 1 N–H and O–H groups in total. The van der Waals surface area contributed by atoms with Crippen LogP contribution in [0.3, 0.4) is 0 Å². The fourth-order valence-corrected chi connectivity index (χ4v) is 7.06. The number of piperidine rings is 1. The lowest BCUT2D eigenvalue weighted by Crippen LogP contribution is -2.54. The standard InChI is InChI=1S/C25H36N4O3S/c1-17-9-11-28(12-10-17)33(31,32)24-20(4)23(26-21(24)5)25(30)27-13-14-29(19(3)16-27)22-8-6-7-18(2)15-22/h6-8,15,17,19,26H,9-14,16H2,1-5H3/t19-/m0/s1. The number of amides is 1. The van der Waals surface area contributed by atoms with Crippen molar-refractivity contribution in [2.45, 2.75) is 58.4 Å². The number of benzene rings is 1. The van der Waals surface area contributed by atoms with E-state index in [1.54, 1.807) is 18.2 Å². The number of sulfonamides is 1. The Labute approximate surface area is 197 Å². The van der Waals surface area contributed by atoms with Gasteiger partial charge in [0.2, 0.25) is 10.0 Å². The lowest BCUT2D eigenvalue weighted by atomic mass is 10.0. The predicted octanol–water partition coefficient (Wildman–Crippen LogP) is 3.71. The number of piperazine rings is 1. The maximum atomic E-state index is 13.4. The summed E-state index contributed by atoms with van der Waals surface area (Å²) < 4.78 is 28.4. The van der Waals surface area contributed by atoms with Gasteiger partial charge < -0.3 is 14.8 Å². The van der Waals surface area contributed by atoms with E-state index in [1.807, 2.05) is 4.90 Å². The topological polar surface area (TPSA) is 76.7 Å². The molecule has 2 saturated heterocycles. The Kier molecular flexibility index (Phi) is 6.60. The number of aromatic nitrogens is 1. The molecule has 1 amide bonds. The lowest BCUT2D eigenvalue weighted by Gasteiger charge is -2.41. The number of hydrogen-bond acceptors (Lipinski definition) is 4. The highest BCUT2D eigenvalue weighted by Gasteiger charge is 2.35. The molecule has 0 unspecified atom stereocenters. The summed E-state index contributed by atoms with van der Waals surface area (Å²) in [5.74, 6) is 0.419. The summed E-state index contributed by atoms with van der Waals surface area (Å²) in [5, 5.41) is 0. The van der Waals surface area contributed by atoms with Gasteiger partial charge in [0.15, 0.2) is 0 Å². The monoisotopic (exact) mass is 472 g/mol. The highest BCUT2D eigenvalue weighted by molar-refractivity contribution is 7.89. The molecule has 0 spiro atoms. The van der Waals surface area contributed by atoms with Crippen LogP contribution in [0.5, 0.6) is 0 Å². The summed E-state index contributed by atoms with van der Waals surface area (Å²) in [7, 11) is -3.63. The van der Waals surface area contributed by atoms with Crippen LogP contribution in [0.2, 0.25) is 0 Å². The minimum absolute atomic E-state index is 0.125. The van der Waals surface area contributed by atoms with Crippen LogP contribution in [0.15, 0.2) is 29.2 Å². The van der Waals surface area contributed by atoms with Crippen LogP contribution in [0.1, 0.15) is 54.0 Å². The Morgan fingerprint density at radius 3 is 2.36 bits per heavy atom. The van der Waals surface area contributed by atoms with E-state index in [1.165, 1.54) is 11.3 Å². The first-order valence-corrected chi connectivity index (χ1v) is 13.4. The van der Waals surface area contributed by atoms with Gasteiger partial charge in [-0.15, -0.1) is 0 Å². The minimum Gasteiger partial charge on any atom is -0.365 e. The first kappa shape index (κ1) is 23.8. The molecule has 0 radical (unpaired) electrons. The van der Waals surface area contributed by atoms with E-state index in [9.17, 15) is 13.2 Å². The molecule has 2 aliphatic rings. The van der Waals surface area contributed by atoms with Crippen molar-refractivity contribution in [2.75, 3.05) is 37.6 Å². The fraction of sp³-hybridized carbons (Fsp3) is 0.560. The Bertz CT molecular complexity index is 1130. The van der Waals surface area contributed by atoms with Gasteiger partial charge in [-0.2, -0.15) is 4.31 Å². The molecule has 0 bridgehead atoms. The summed E-state index contributed by atoms with van der Waals surface area (Å²) in [6.07, 6.45) is 1.74. The first-order valence-electron chi connectivity index (χ1n) is 11.9. The van der Waals surface area contributed by atoms with Crippen molar-refractivity contribution in [3.63, 3.8) is 0 Å². The smallest absolute Gasteiger partial charge is 0.270 e. The maximum Gasteiger partial charge on any atom is 0.270 e. The van der Waals surface area contributed by atoms with E-state index in [0.717, 1.165) is 19.4 Å². The van der Waals surface area contributed by atoms with E-state index < -0.39 is 10.0 Å². The number of H-pyrrole nitrogens is 1. The SMILES string of the molecule is Cc1cccc(N2CCN(C(=O)c3[nH]c(C)c(S(=O)(=O)N4CCC(C)CC4)c3C)C[C@@H]2C)c1. The van der Waals surface area contributed by atoms with Crippen LogP contribution >= 0.6 is 0 Å². The van der Waals surface area contributed by atoms with E-state index >= 15 is 0 Å². The summed E-state index contributed by atoms with van der Waals surface area (Å²) in [6, 6.07) is 8.59. The number of carbonyl (C=O) groups excluding carboxylic acids is 1. The molecule has 1 aromatic heterocycles. The quantitative estimate of drug-likeness (QED) is 0.736. The molecule has 180 valence electrons. The second kappa shape index (κ2) is 9.14. The molecule has 0 saturated carbocycles. The highest BCUT2D eigenvalue weighted by atomic mass is 32.2. The third-order valence-corrected chi connectivity index (χ3v) is 9.34. The lowest BCUT2D eigenvalue weighted by molar-refractivity contribution is 0.0720. The Morgan fingerprint density at radius 1 is 1.03 bits per heavy atom. The molecule has 1 atom stereocenters. The molecule has 1 aromatic carbocycles. The second-order valence-electron chi connectivity index (χ2n) is 9.80. The maximum absolute atomic E-state index is 13.4. The number of hydrogen-bond donors (Lipinski definition) is 1. The third-order valence-electron chi connectivity index (χ3n) is 7.17. The van der Waals surface area contributed by atoms with Gasteiger partial charge in [-0.1, -0.05) is 19.1 Å². The van der Waals surface area contributed by atoms with Crippen molar-refractivity contribution in [1.29, 1.82) is 0 Å². The molecular weight excluding hydrogens is 436 g/mol. The second-order valence-corrected chi connectivity index (χ2v) is 11.7. The van der Waals surface area contributed by atoms with Gasteiger partial charge in [-0.3, -0.25) is 4.79 Å². The number of aromatic amines is 1. The zero-order valence-corrected chi connectivity index (χ0v) is 21.2. The van der Waals surface area contributed by atoms with Gasteiger partial charge in [0.05, 0.1) is 0 Å². The average molecular weight is 473 g/mol. The van der Waals surface area contributed by atoms with Crippen molar-refractivity contribution in [1.82, 2.24) is 14.2 Å². The summed E-state index contributed by atoms with van der Waals surface area (Å²) in [5.41, 5.74) is 3.86. The van der Waals surface area contributed by atoms with Crippen molar-refractivity contribution < 1.29 is 13.2 Å². The van der Waals surface area contributed by atoms with Crippen LogP contribution in [-0.2, 0) is 10.0 Å². The number of aryl methyl sites for hydroxylation is 2. The van der Waals surface area contributed by atoms with Crippen LogP contribution in [0, 0.1) is 26.7 Å².